The molecular formula is C18H25F3N2O4. The molecule has 6 nitrogen and oxygen atoms in total. The molecule has 0 bridgehead atoms. The minimum atomic E-state index is -4.57. The van der Waals surface area contributed by atoms with E-state index in [0.717, 1.165) is 18.2 Å². The molecule has 0 unspecified atom stereocenters. The van der Waals surface area contributed by atoms with Gasteiger partial charge in [-0.1, -0.05) is 6.92 Å². The van der Waals surface area contributed by atoms with Crippen LogP contribution in [0.5, 0.6) is 5.75 Å². The average molecular weight is 390 g/mol. The number of nitrogens with one attached hydrogen (secondary N) is 2. The standard InChI is InChI=1S/C18H25F3N2O4/c1-6-9-26-14-8-7-12(18(19,20)21)10-13(14)23-15(24)11(2)22-16(25)27-17(3,4)5/h7-8,10-11H,6,9H2,1-5H3,(H,22,25)(H,23,24)/t11-/m1/s1. The number of rotatable bonds is 6. The zero-order chi connectivity index (χ0) is 20.8. The molecule has 0 aliphatic heterocycles. The van der Waals surface area contributed by atoms with Gasteiger partial charge < -0.3 is 20.1 Å². The van der Waals surface area contributed by atoms with Crippen LogP contribution in [0.1, 0.15) is 46.6 Å². The molecule has 152 valence electrons. The van der Waals surface area contributed by atoms with Crippen molar-refractivity contribution in [3.63, 3.8) is 0 Å². The van der Waals surface area contributed by atoms with Crippen molar-refractivity contribution < 1.29 is 32.2 Å². The summed E-state index contributed by atoms with van der Waals surface area (Å²) in [6.45, 7) is 8.50. The second-order valence-corrected chi connectivity index (χ2v) is 6.91. The number of ether oxygens (including phenoxy) is 2. The van der Waals surface area contributed by atoms with Gasteiger partial charge in [0.2, 0.25) is 5.91 Å². The molecule has 0 saturated carbocycles. The minimum Gasteiger partial charge on any atom is -0.491 e. The number of halogens is 3. The van der Waals surface area contributed by atoms with Crippen molar-refractivity contribution in [1.29, 1.82) is 0 Å². The van der Waals surface area contributed by atoms with E-state index in [-0.39, 0.29) is 18.0 Å². The van der Waals surface area contributed by atoms with Gasteiger partial charge in [-0.3, -0.25) is 4.79 Å². The first-order chi connectivity index (χ1) is 12.3. The number of carbonyl (C=O) groups excluding carboxylic acids is 2. The lowest BCUT2D eigenvalue weighted by molar-refractivity contribution is -0.137. The molecule has 2 amide bonds. The van der Waals surface area contributed by atoms with Gasteiger partial charge in [0, 0.05) is 0 Å². The number of amides is 2. The maximum absolute atomic E-state index is 13.0. The fraction of sp³-hybridized carbons (Fsp3) is 0.556. The van der Waals surface area contributed by atoms with Crippen molar-refractivity contribution in [1.82, 2.24) is 5.32 Å². The Labute approximate surface area is 156 Å². The molecule has 0 radical (unpaired) electrons. The number of hydrogen-bond donors (Lipinski definition) is 2. The Bertz CT molecular complexity index is 670. The Kier molecular flexibility index (Phi) is 7.50. The predicted molar refractivity (Wildman–Crippen MR) is 94.7 cm³/mol. The average Bonchev–Trinajstić information content (AvgIpc) is 2.50. The predicted octanol–water partition coefficient (Wildman–Crippen LogP) is 4.35. The number of anilines is 1. The van der Waals surface area contributed by atoms with Crippen LogP contribution in [-0.4, -0.2) is 30.3 Å². The first-order valence-corrected chi connectivity index (χ1v) is 8.48. The fourth-order valence-corrected chi connectivity index (χ4v) is 1.93. The van der Waals surface area contributed by atoms with Gasteiger partial charge in [-0.05, 0) is 52.3 Å². The van der Waals surface area contributed by atoms with Crippen LogP contribution in [0.4, 0.5) is 23.7 Å². The van der Waals surface area contributed by atoms with Crippen LogP contribution < -0.4 is 15.4 Å². The zero-order valence-corrected chi connectivity index (χ0v) is 16.0. The van der Waals surface area contributed by atoms with Crippen molar-refractivity contribution >= 4 is 17.7 Å². The number of benzene rings is 1. The Morgan fingerprint density at radius 3 is 2.33 bits per heavy atom. The smallest absolute Gasteiger partial charge is 0.416 e. The van der Waals surface area contributed by atoms with E-state index in [1.165, 1.54) is 6.92 Å². The highest BCUT2D eigenvalue weighted by molar-refractivity contribution is 5.97. The Morgan fingerprint density at radius 1 is 1.19 bits per heavy atom. The van der Waals surface area contributed by atoms with Gasteiger partial charge in [-0.15, -0.1) is 0 Å². The molecule has 1 atom stereocenters. The van der Waals surface area contributed by atoms with E-state index in [4.69, 9.17) is 9.47 Å². The fourth-order valence-electron chi connectivity index (χ4n) is 1.93. The zero-order valence-electron chi connectivity index (χ0n) is 16.0. The summed E-state index contributed by atoms with van der Waals surface area (Å²) < 4.78 is 49.3. The summed E-state index contributed by atoms with van der Waals surface area (Å²) in [5.74, 6) is -0.593. The lowest BCUT2D eigenvalue weighted by Crippen LogP contribution is -2.44. The van der Waals surface area contributed by atoms with Gasteiger partial charge >= 0.3 is 12.3 Å². The number of hydrogen-bond acceptors (Lipinski definition) is 4. The lowest BCUT2D eigenvalue weighted by Gasteiger charge is -2.22. The topological polar surface area (TPSA) is 76.7 Å². The third-order valence-corrected chi connectivity index (χ3v) is 3.15. The van der Waals surface area contributed by atoms with Crippen molar-refractivity contribution in [2.45, 2.75) is 58.9 Å². The summed E-state index contributed by atoms with van der Waals surface area (Å²) in [5, 5.41) is 4.69. The minimum absolute atomic E-state index is 0.114. The molecule has 2 N–H and O–H groups in total. The largest absolute Gasteiger partial charge is 0.491 e. The molecule has 0 aliphatic carbocycles. The summed E-state index contributed by atoms with van der Waals surface area (Å²) in [6, 6.07) is 1.79. The van der Waals surface area contributed by atoms with E-state index < -0.39 is 35.4 Å². The van der Waals surface area contributed by atoms with E-state index in [1.807, 2.05) is 6.92 Å². The number of carbonyl (C=O) groups is 2. The molecule has 1 rings (SSSR count). The summed E-state index contributed by atoms with van der Waals surface area (Å²) in [4.78, 5) is 24.0. The van der Waals surface area contributed by atoms with Crippen LogP contribution in [0.3, 0.4) is 0 Å². The molecule has 1 aromatic carbocycles. The highest BCUT2D eigenvalue weighted by Gasteiger charge is 2.31. The molecule has 27 heavy (non-hydrogen) atoms. The third kappa shape index (κ3) is 7.76. The van der Waals surface area contributed by atoms with E-state index in [0.29, 0.717) is 6.42 Å². The maximum Gasteiger partial charge on any atom is 0.416 e. The van der Waals surface area contributed by atoms with Crippen molar-refractivity contribution in [3.05, 3.63) is 23.8 Å². The molecule has 0 saturated heterocycles. The van der Waals surface area contributed by atoms with E-state index in [9.17, 15) is 22.8 Å². The SMILES string of the molecule is CCCOc1ccc(C(F)(F)F)cc1NC(=O)[C@@H](C)NC(=O)OC(C)(C)C. The van der Waals surface area contributed by atoms with Crippen LogP contribution in [0.25, 0.3) is 0 Å². The number of alkyl halides is 3. The monoisotopic (exact) mass is 390 g/mol. The van der Waals surface area contributed by atoms with Crippen LogP contribution in [0.15, 0.2) is 18.2 Å². The normalized spacial score (nSPS) is 12.9. The summed E-state index contributed by atoms with van der Waals surface area (Å²) in [6.07, 6.45) is -4.73. The molecule has 0 spiro atoms. The van der Waals surface area contributed by atoms with Gasteiger partial charge in [0.1, 0.15) is 17.4 Å². The van der Waals surface area contributed by atoms with Crippen LogP contribution >= 0.6 is 0 Å². The summed E-state index contributed by atoms with van der Waals surface area (Å²) >= 11 is 0. The Hall–Kier alpha value is -2.45. The lowest BCUT2D eigenvalue weighted by atomic mass is 10.1. The Morgan fingerprint density at radius 2 is 1.81 bits per heavy atom. The van der Waals surface area contributed by atoms with Gasteiger partial charge in [-0.2, -0.15) is 13.2 Å². The molecule has 0 fully saturated rings. The molecular weight excluding hydrogens is 365 g/mol. The highest BCUT2D eigenvalue weighted by Crippen LogP contribution is 2.35. The van der Waals surface area contributed by atoms with Gasteiger partial charge in [0.05, 0.1) is 17.9 Å². The number of alkyl carbamates (subject to hydrolysis) is 1. The third-order valence-electron chi connectivity index (χ3n) is 3.15. The van der Waals surface area contributed by atoms with Gasteiger partial charge in [0.25, 0.3) is 0 Å². The molecule has 0 aromatic heterocycles. The molecule has 1 aromatic rings. The first kappa shape index (κ1) is 22.6. The second-order valence-electron chi connectivity index (χ2n) is 6.91. The van der Waals surface area contributed by atoms with Gasteiger partial charge in [-0.25, -0.2) is 4.79 Å². The molecule has 9 heteroatoms. The maximum atomic E-state index is 13.0. The second kappa shape index (κ2) is 8.96. The highest BCUT2D eigenvalue weighted by atomic mass is 19.4. The van der Waals surface area contributed by atoms with Crippen molar-refractivity contribution in [3.8, 4) is 5.75 Å². The quantitative estimate of drug-likeness (QED) is 0.757. The van der Waals surface area contributed by atoms with Crippen molar-refractivity contribution in [2.24, 2.45) is 0 Å². The Balaban J connectivity index is 2.93. The van der Waals surface area contributed by atoms with Crippen LogP contribution in [0.2, 0.25) is 0 Å². The van der Waals surface area contributed by atoms with Crippen LogP contribution in [-0.2, 0) is 15.7 Å². The first-order valence-electron chi connectivity index (χ1n) is 8.48. The van der Waals surface area contributed by atoms with E-state index >= 15 is 0 Å². The summed E-state index contributed by atoms with van der Waals surface area (Å²) in [7, 11) is 0. The van der Waals surface area contributed by atoms with Crippen molar-refractivity contribution in [2.75, 3.05) is 11.9 Å². The van der Waals surface area contributed by atoms with Gasteiger partial charge in [0.15, 0.2) is 0 Å². The van der Waals surface area contributed by atoms with E-state index in [1.54, 1.807) is 20.8 Å². The van der Waals surface area contributed by atoms with Crippen LogP contribution in [0, 0.1) is 0 Å². The summed E-state index contributed by atoms with van der Waals surface area (Å²) in [5.41, 5.74) is -1.79. The van der Waals surface area contributed by atoms with E-state index in [2.05, 4.69) is 10.6 Å². The molecule has 0 heterocycles. The molecule has 0 aliphatic rings.